The van der Waals surface area contributed by atoms with Crippen LogP contribution in [0.3, 0.4) is 0 Å². The first-order chi connectivity index (χ1) is 9.83. The molecule has 0 aliphatic carbocycles. The molecule has 0 aromatic rings. The fourth-order valence-corrected chi connectivity index (χ4v) is 2.60. The summed E-state index contributed by atoms with van der Waals surface area (Å²) in [7, 11) is 0. The molecule has 0 bridgehead atoms. The van der Waals surface area contributed by atoms with Crippen LogP contribution in [0.25, 0.3) is 0 Å². The van der Waals surface area contributed by atoms with Crippen molar-refractivity contribution in [1.82, 2.24) is 10.2 Å². The van der Waals surface area contributed by atoms with Gasteiger partial charge in [0.1, 0.15) is 5.60 Å². The highest BCUT2D eigenvalue weighted by Crippen LogP contribution is 2.43. The summed E-state index contributed by atoms with van der Waals surface area (Å²) in [4.78, 5) is 24.4. The maximum Gasteiger partial charge on any atom is 0.410 e. The first-order valence-electron chi connectivity index (χ1n) is 6.83. The molecule has 0 unspecified atom stereocenters. The molecule has 1 N–H and O–H groups in total. The Morgan fingerprint density at radius 2 is 2.19 bits per heavy atom. The number of likely N-dealkylation sites (tertiary alicyclic amines) is 1. The van der Waals surface area contributed by atoms with Crippen molar-refractivity contribution in [2.24, 2.45) is 0 Å². The summed E-state index contributed by atoms with van der Waals surface area (Å²) in [5.74, 6) is 0. The van der Waals surface area contributed by atoms with Crippen molar-refractivity contribution in [2.45, 2.75) is 32.0 Å². The number of nitrogens with one attached hydrogen (secondary N) is 1. The first kappa shape index (κ1) is 13.7. The van der Waals surface area contributed by atoms with Gasteiger partial charge in [-0.2, -0.15) is 0 Å². The molecule has 1 fully saturated rings. The van der Waals surface area contributed by atoms with Crippen LogP contribution >= 0.6 is 0 Å². The number of allylic oxidation sites excluding steroid dienone is 2. The molecule has 3 aliphatic heterocycles. The van der Waals surface area contributed by atoms with Crippen LogP contribution < -0.4 is 5.32 Å². The van der Waals surface area contributed by atoms with Crippen LogP contribution in [0.1, 0.15) is 20.8 Å². The lowest BCUT2D eigenvalue weighted by molar-refractivity contribution is -0.105. The minimum absolute atomic E-state index is 0.335. The molecule has 0 atom stereocenters. The third-order valence-corrected chi connectivity index (χ3v) is 3.58. The second-order valence-electron chi connectivity index (χ2n) is 6.44. The van der Waals surface area contributed by atoms with Crippen LogP contribution in [0.15, 0.2) is 35.4 Å². The van der Waals surface area contributed by atoms with E-state index in [0.29, 0.717) is 18.8 Å². The van der Waals surface area contributed by atoms with Gasteiger partial charge in [-0.3, -0.25) is 9.69 Å². The maximum atomic E-state index is 12.0. The van der Waals surface area contributed by atoms with Gasteiger partial charge in [-0.25, -0.2) is 4.79 Å². The van der Waals surface area contributed by atoms with Crippen LogP contribution in [-0.4, -0.2) is 41.6 Å². The maximum absolute atomic E-state index is 12.0. The number of carbonyl (C=O) groups is 2. The van der Waals surface area contributed by atoms with Crippen LogP contribution in [0, 0.1) is 0 Å². The zero-order valence-corrected chi connectivity index (χ0v) is 12.3. The SMILES string of the molecule is CC(C)(C)OC(=O)N1CC2(C1)OC=C1C=C(C=O)NC=C12. The summed E-state index contributed by atoms with van der Waals surface area (Å²) < 4.78 is 11.1. The highest BCUT2D eigenvalue weighted by atomic mass is 16.6. The Morgan fingerprint density at radius 3 is 2.81 bits per heavy atom. The number of rotatable bonds is 1. The van der Waals surface area contributed by atoms with Crippen molar-refractivity contribution in [3.05, 3.63) is 35.4 Å². The summed E-state index contributed by atoms with van der Waals surface area (Å²) >= 11 is 0. The molecule has 3 heterocycles. The van der Waals surface area contributed by atoms with Crippen LogP contribution in [-0.2, 0) is 14.3 Å². The standard InChI is InChI=1S/C15H18N2O4/c1-14(2,3)21-13(19)17-8-15(9-17)12-5-16-11(6-18)4-10(12)7-20-15/h4-7,16H,8-9H2,1-3H3. The molecule has 6 heteroatoms. The minimum Gasteiger partial charge on any atom is -0.486 e. The fourth-order valence-electron chi connectivity index (χ4n) is 2.60. The molecule has 0 aromatic heterocycles. The van der Waals surface area contributed by atoms with Crippen molar-refractivity contribution in [1.29, 1.82) is 0 Å². The lowest BCUT2D eigenvalue weighted by Gasteiger charge is -2.47. The molecule has 1 saturated heterocycles. The van der Waals surface area contributed by atoms with E-state index in [2.05, 4.69) is 5.32 Å². The quantitative estimate of drug-likeness (QED) is 0.741. The lowest BCUT2D eigenvalue weighted by atomic mass is 9.83. The topological polar surface area (TPSA) is 67.9 Å². The van der Waals surface area contributed by atoms with E-state index in [-0.39, 0.29) is 6.09 Å². The summed E-state index contributed by atoms with van der Waals surface area (Å²) in [5, 5.41) is 2.92. The molecular formula is C15H18N2O4. The Hall–Kier alpha value is -2.24. The Labute approximate surface area is 123 Å². The van der Waals surface area contributed by atoms with Gasteiger partial charge in [0.05, 0.1) is 25.0 Å². The zero-order valence-electron chi connectivity index (χ0n) is 12.3. The van der Waals surface area contributed by atoms with Crippen molar-refractivity contribution in [3.8, 4) is 0 Å². The Bertz CT molecular complexity index is 589. The number of carbonyl (C=O) groups excluding carboxylic acids is 2. The average Bonchev–Trinajstić information content (AvgIpc) is 2.73. The summed E-state index contributed by atoms with van der Waals surface area (Å²) in [5.41, 5.74) is 1.32. The van der Waals surface area contributed by atoms with Gasteiger partial charge < -0.3 is 14.8 Å². The van der Waals surface area contributed by atoms with Crippen molar-refractivity contribution >= 4 is 12.4 Å². The van der Waals surface area contributed by atoms with E-state index in [1.54, 1.807) is 23.4 Å². The van der Waals surface area contributed by atoms with E-state index in [9.17, 15) is 9.59 Å². The van der Waals surface area contributed by atoms with E-state index >= 15 is 0 Å². The zero-order chi connectivity index (χ0) is 15.3. The molecule has 6 nitrogen and oxygen atoms in total. The van der Waals surface area contributed by atoms with E-state index in [1.807, 2.05) is 20.8 Å². The van der Waals surface area contributed by atoms with E-state index in [1.165, 1.54) is 0 Å². The van der Waals surface area contributed by atoms with Gasteiger partial charge in [0, 0.05) is 17.3 Å². The van der Waals surface area contributed by atoms with Crippen LogP contribution in [0.5, 0.6) is 0 Å². The molecule has 112 valence electrons. The minimum atomic E-state index is -0.510. The van der Waals surface area contributed by atoms with Gasteiger partial charge in [0.15, 0.2) is 11.9 Å². The summed E-state index contributed by atoms with van der Waals surface area (Å²) in [6, 6.07) is 0. The highest BCUT2D eigenvalue weighted by molar-refractivity contribution is 5.77. The number of ether oxygens (including phenoxy) is 2. The number of hydrogen-bond acceptors (Lipinski definition) is 5. The monoisotopic (exact) mass is 290 g/mol. The number of fused-ring (bicyclic) bond motifs is 2. The van der Waals surface area contributed by atoms with Gasteiger partial charge in [0.25, 0.3) is 0 Å². The van der Waals surface area contributed by atoms with Gasteiger partial charge >= 0.3 is 6.09 Å². The average molecular weight is 290 g/mol. The van der Waals surface area contributed by atoms with Crippen molar-refractivity contribution in [3.63, 3.8) is 0 Å². The number of nitrogens with zero attached hydrogens (tertiary/aromatic N) is 1. The van der Waals surface area contributed by atoms with Gasteiger partial charge in [0.2, 0.25) is 0 Å². The summed E-state index contributed by atoms with van der Waals surface area (Å²) in [6.07, 6.45) is 5.58. The predicted octanol–water partition coefficient (Wildman–Crippen LogP) is 1.46. The number of amides is 1. The number of dihydropyridines is 1. The molecule has 1 spiro atoms. The normalized spacial score (nSPS) is 22.0. The van der Waals surface area contributed by atoms with Crippen LogP contribution in [0.4, 0.5) is 4.79 Å². The van der Waals surface area contributed by atoms with Crippen molar-refractivity contribution < 1.29 is 19.1 Å². The van der Waals surface area contributed by atoms with E-state index < -0.39 is 11.2 Å². The molecule has 0 aromatic carbocycles. The van der Waals surface area contributed by atoms with E-state index in [4.69, 9.17) is 9.47 Å². The molecular weight excluding hydrogens is 272 g/mol. The molecule has 0 radical (unpaired) electrons. The largest absolute Gasteiger partial charge is 0.486 e. The smallest absolute Gasteiger partial charge is 0.410 e. The summed E-state index contributed by atoms with van der Waals surface area (Å²) in [6.45, 7) is 6.40. The fraction of sp³-hybridized carbons (Fsp3) is 0.467. The molecule has 0 saturated carbocycles. The third-order valence-electron chi connectivity index (χ3n) is 3.58. The molecule has 3 aliphatic rings. The molecule has 3 rings (SSSR count). The highest BCUT2D eigenvalue weighted by Gasteiger charge is 2.54. The molecule has 21 heavy (non-hydrogen) atoms. The molecule has 1 amide bonds. The lowest BCUT2D eigenvalue weighted by Crippen LogP contribution is -2.65. The number of aldehydes is 1. The second kappa shape index (κ2) is 4.38. The van der Waals surface area contributed by atoms with Gasteiger partial charge in [-0.15, -0.1) is 0 Å². The number of hydrogen-bond donors (Lipinski definition) is 1. The Morgan fingerprint density at radius 1 is 1.48 bits per heavy atom. The van der Waals surface area contributed by atoms with Gasteiger partial charge in [-0.05, 0) is 26.8 Å². The second-order valence-corrected chi connectivity index (χ2v) is 6.44. The Kier molecular flexibility index (Phi) is 2.86. The predicted molar refractivity (Wildman–Crippen MR) is 75.1 cm³/mol. The van der Waals surface area contributed by atoms with Crippen LogP contribution in [0.2, 0.25) is 0 Å². The van der Waals surface area contributed by atoms with Gasteiger partial charge in [-0.1, -0.05) is 0 Å². The first-order valence-corrected chi connectivity index (χ1v) is 6.83. The van der Waals surface area contributed by atoms with E-state index in [0.717, 1.165) is 17.4 Å². The van der Waals surface area contributed by atoms with Crippen molar-refractivity contribution in [2.75, 3.05) is 13.1 Å². The third kappa shape index (κ3) is 2.30. The Balaban J connectivity index is 1.66.